The molecule has 0 bridgehead atoms. The van der Waals surface area contributed by atoms with Crippen LogP contribution in [0.4, 0.5) is 10.5 Å². The number of urea groups is 1. The fourth-order valence-corrected chi connectivity index (χ4v) is 5.10. The number of benzene rings is 1. The number of ether oxygens (including phenoxy) is 6. The topological polar surface area (TPSA) is 220 Å². The molecule has 1 aromatic carbocycles. The van der Waals surface area contributed by atoms with Crippen LogP contribution in [0.15, 0.2) is 24.3 Å². The largest absolute Gasteiger partial charge is 0.460 e. The number of carbonyl (C=O) groups is 6. The fraction of sp³-hybridized carbons (Fsp3) is 0.714. The molecule has 58 heavy (non-hydrogen) atoms. The summed E-state index contributed by atoms with van der Waals surface area (Å²) in [5.74, 6) is -2.18. The van der Waals surface area contributed by atoms with Crippen molar-refractivity contribution < 1.29 is 57.2 Å². The Kier molecular flexibility index (Phi) is 25.5. The van der Waals surface area contributed by atoms with Crippen LogP contribution in [0.3, 0.4) is 0 Å². The lowest BCUT2D eigenvalue weighted by atomic mass is 9.89. The summed E-state index contributed by atoms with van der Waals surface area (Å²) in [4.78, 5) is 74.9. The van der Waals surface area contributed by atoms with Gasteiger partial charge in [0.1, 0.15) is 12.4 Å². The number of amides is 4. The predicted octanol–water partition coefficient (Wildman–Crippen LogP) is 4.36. The number of esters is 1. The van der Waals surface area contributed by atoms with E-state index in [1.165, 1.54) is 0 Å². The van der Waals surface area contributed by atoms with Crippen molar-refractivity contribution >= 4 is 41.1 Å². The monoisotopic (exact) mass is 822 g/mol. The van der Waals surface area contributed by atoms with Crippen molar-refractivity contribution in [2.75, 3.05) is 77.9 Å². The molecule has 2 atom stereocenters. The minimum Gasteiger partial charge on any atom is -0.460 e. The second kappa shape index (κ2) is 28.5. The van der Waals surface area contributed by atoms with Gasteiger partial charge in [-0.25, -0.2) is 4.79 Å². The van der Waals surface area contributed by atoms with E-state index in [2.05, 4.69) is 16.0 Å². The van der Waals surface area contributed by atoms with Gasteiger partial charge in [0.25, 0.3) is 0 Å². The van der Waals surface area contributed by atoms with E-state index in [0.29, 0.717) is 71.4 Å². The van der Waals surface area contributed by atoms with E-state index in [0.717, 1.165) is 5.56 Å². The number of ketones is 2. The van der Waals surface area contributed by atoms with Gasteiger partial charge in [0.2, 0.25) is 11.8 Å². The van der Waals surface area contributed by atoms with E-state index in [4.69, 9.17) is 34.2 Å². The van der Waals surface area contributed by atoms with E-state index in [-0.39, 0.29) is 86.3 Å². The SMILES string of the molecule is CC(C)[C@@H](NC(=O)CCOCCOCCOCCOCCOCCC(=O)C(C)(C)C)C(=O)C[C@H](CCCNC(N)=O)C(=O)Nc1ccc(COC(=O)C(C)(C)C)cc1. The van der Waals surface area contributed by atoms with Gasteiger partial charge in [0, 0.05) is 42.8 Å². The van der Waals surface area contributed by atoms with Gasteiger partial charge in [-0.15, -0.1) is 0 Å². The van der Waals surface area contributed by atoms with Gasteiger partial charge in [-0.1, -0.05) is 46.8 Å². The Hall–Kier alpha value is -3.96. The van der Waals surface area contributed by atoms with Gasteiger partial charge in [-0.05, 0) is 57.2 Å². The summed E-state index contributed by atoms with van der Waals surface area (Å²) in [6.45, 7) is 18.5. The lowest BCUT2D eigenvalue weighted by Gasteiger charge is -2.24. The van der Waals surface area contributed by atoms with E-state index in [9.17, 15) is 28.8 Å². The summed E-state index contributed by atoms with van der Waals surface area (Å²) in [5.41, 5.74) is 5.44. The van der Waals surface area contributed by atoms with E-state index in [1.807, 2.05) is 34.6 Å². The second-order valence-electron chi connectivity index (χ2n) is 16.3. The lowest BCUT2D eigenvalue weighted by Crippen LogP contribution is -2.45. The molecule has 0 aliphatic heterocycles. The molecular weight excluding hydrogens is 752 g/mol. The first-order chi connectivity index (χ1) is 27.3. The maximum absolute atomic E-state index is 13.5. The first kappa shape index (κ1) is 52.1. The standard InChI is InChI=1S/C42H70N4O12/c1-30(2)37(46-36(49)16-19-54-21-23-56-25-27-57-26-24-55-22-20-53-18-15-35(48)41(3,4)5)34(47)28-32(10-9-17-44-40(43)52)38(50)45-33-13-11-31(12-14-33)29-58-39(51)42(6,7)8/h11-14,30,32,37H,9-10,15-29H2,1-8H3,(H,45,50)(H,46,49)(H3,43,44,52)/t32-,37+/m0/s1. The van der Waals surface area contributed by atoms with Gasteiger partial charge in [0.05, 0.1) is 77.5 Å². The Morgan fingerprint density at radius 2 is 1.19 bits per heavy atom. The Morgan fingerprint density at radius 1 is 0.690 bits per heavy atom. The molecule has 4 amide bonds. The average molecular weight is 823 g/mol. The summed E-state index contributed by atoms with van der Waals surface area (Å²) in [6, 6.07) is 5.34. The molecule has 1 aromatic rings. The first-order valence-electron chi connectivity index (χ1n) is 20.2. The van der Waals surface area contributed by atoms with Crippen LogP contribution in [0.5, 0.6) is 0 Å². The summed E-state index contributed by atoms with van der Waals surface area (Å²) in [5, 5.41) is 8.15. The Labute approximate surface area is 344 Å². The van der Waals surface area contributed by atoms with Crippen molar-refractivity contribution in [3.8, 4) is 0 Å². The first-order valence-corrected chi connectivity index (χ1v) is 20.2. The third-order valence-electron chi connectivity index (χ3n) is 8.65. The highest BCUT2D eigenvalue weighted by atomic mass is 16.6. The highest BCUT2D eigenvalue weighted by Gasteiger charge is 2.30. The number of Topliss-reactive ketones (excluding diaryl/α,β-unsaturated/α-hetero) is 2. The highest BCUT2D eigenvalue weighted by Crippen LogP contribution is 2.21. The summed E-state index contributed by atoms with van der Waals surface area (Å²) in [6.07, 6.45) is 0.979. The third kappa shape index (κ3) is 24.7. The molecule has 0 spiro atoms. The predicted molar refractivity (Wildman–Crippen MR) is 219 cm³/mol. The molecule has 0 saturated heterocycles. The number of hydrogen-bond donors (Lipinski definition) is 4. The second-order valence-corrected chi connectivity index (χ2v) is 16.3. The van der Waals surface area contributed by atoms with Gasteiger partial charge in [-0.2, -0.15) is 0 Å². The van der Waals surface area contributed by atoms with Crippen molar-refractivity contribution in [1.29, 1.82) is 0 Å². The molecule has 0 radical (unpaired) electrons. The molecule has 0 unspecified atom stereocenters. The normalized spacial score (nSPS) is 12.8. The van der Waals surface area contributed by atoms with Crippen molar-refractivity contribution in [1.82, 2.24) is 10.6 Å². The quantitative estimate of drug-likeness (QED) is 0.0607. The van der Waals surface area contributed by atoms with Crippen molar-refractivity contribution in [3.05, 3.63) is 29.8 Å². The van der Waals surface area contributed by atoms with Crippen LogP contribution in [-0.4, -0.2) is 114 Å². The summed E-state index contributed by atoms with van der Waals surface area (Å²) in [7, 11) is 0. The zero-order valence-electron chi connectivity index (χ0n) is 36.0. The van der Waals surface area contributed by atoms with Crippen LogP contribution < -0.4 is 21.7 Å². The Morgan fingerprint density at radius 3 is 1.66 bits per heavy atom. The molecule has 0 aliphatic rings. The molecule has 5 N–H and O–H groups in total. The number of anilines is 1. The minimum absolute atomic E-state index is 0.0355. The Balaban J connectivity index is 2.42. The molecule has 0 saturated carbocycles. The number of nitrogens with one attached hydrogen (secondary N) is 3. The fourth-order valence-electron chi connectivity index (χ4n) is 5.10. The molecule has 0 heterocycles. The number of carbonyl (C=O) groups excluding carboxylic acids is 6. The number of hydrogen-bond acceptors (Lipinski definition) is 12. The maximum atomic E-state index is 13.5. The van der Waals surface area contributed by atoms with Gasteiger partial charge < -0.3 is 50.1 Å². The van der Waals surface area contributed by atoms with E-state index < -0.39 is 23.4 Å². The number of primary amides is 1. The third-order valence-corrected chi connectivity index (χ3v) is 8.65. The molecule has 0 fully saturated rings. The van der Waals surface area contributed by atoms with Gasteiger partial charge in [-0.3, -0.25) is 24.0 Å². The molecule has 16 nitrogen and oxygen atoms in total. The van der Waals surface area contributed by atoms with Crippen molar-refractivity contribution in [2.24, 2.45) is 28.4 Å². The Bertz CT molecular complexity index is 1390. The molecule has 0 aliphatic carbocycles. The lowest BCUT2D eigenvalue weighted by molar-refractivity contribution is -0.154. The minimum atomic E-state index is -0.820. The molecular formula is C42H70N4O12. The number of nitrogens with two attached hydrogens (primary N) is 1. The zero-order chi connectivity index (χ0) is 43.6. The van der Waals surface area contributed by atoms with Crippen molar-refractivity contribution in [2.45, 2.75) is 100 Å². The zero-order valence-corrected chi connectivity index (χ0v) is 36.0. The highest BCUT2D eigenvalue weighted by molar-refractivity contribution is 5.97. The van der Waals surface area contributed by atoms with Crippen LogP contribution in [0.2, 0.25) is 0 Å². The van der Waals surface area contributed by atoms with E-state index >= 15 is 0 Å². The molecule has 0 aromatic heterocycles. The number of rotatable bonds is 31. The molecule has 16 heteroatoms. The smallest absolute Gasteiger partial charge is 0.312 e. The van der Waals surface area contributed by atoms with E-state index in [1.54, 1.807) is 45.0 Å². The maximum Gasteiger partial charge on any atom is 0.312 e. The van der Waals surface area contributed by atoms with Crippen LogP contribution >= 0.6 is 0 Å². The summed E-state index contributed by atoms with van der Waals surface area (Å²) < 4.78 is 32.7. The van der Waals surface area contributed by atoms with Gasteiger partial charge >= 0.3 is 12.0 Å². The summed E-state index contributed by atoms with van der Waals surface area (Å²) >= 11 is 0. The molecule has 330 valence electrons. The average Bonchev–Trinajstić information content (AvgIpc) is 3.14. The molecule has 1 rings (SSSR count). The van der Waals surface area contributed by atoms with Crippen molar-refractivity contribution in [3.63, 3.8) is 0 Å². The van der Waals surface area contributed by atoms with Gasteiger partial charge in [0.15, 0.2) is 5.78 Å². The van der Waals surface area contributed by atoms with Crippen LogP contribution in [0.25, 0.3) is 0 Å². The van der Waals surface area contributed by atoms with Crippen LogP contribution in [0.1, 0.15) is 93.1 Å². The van der Waals surface area contributed by atoms with Crippen LogP contribution in [0, 0.1) is 22.7 Å². The van der Waals surface area contributed by atoms with Crippen LogP contribution in [-0.2, 0) is 59.0 Å².